The highest BCUT2D eigenvalue weighted by Gasteiger charge is 2.34. The van der Waals surface area contributed by atoms with Gasteiger partial charge in [-0.2, -0.15) is 0 Å². The average molecular weight is 340 g/mol. The van der Waals surface area contributed by atoms with Crippen molar-refractivity contribution in [3.8, 4) is 0 Å². The topological polar surface area (TPSA) is 78.4 Å². The fourth-order valence-electron chi connectivity index (χ4n) is 2.80. The van der Waals surface area contributed by atoms with E-state index in [-0.39, 0.29) is 37.5 Å². The lowest BCUT2D eigenvalue weighted by Crippen LogP contribution is -2.28. The first kappa shape index (κ1) is 18.2. The standard InChI is InChI=1S/C17H22F2N2O3/c18-17(19)7-4-12(5-8-17)11-21-14-3-1-2-13(10-14)15(22)6-9-20-16(23)24/h1-3,10,12,20-21H,4-9,11H2,(H,23,24). The number of hydrogen-bond donors (Lipinski definition) is 3. The highest BCUT2D eigenvalue weighted by Crippen LogP contribution is 2.36. The zero-order valence-corrected chi connectivity index (χ0v) is 13.4. The van der Waals surface area contributed by atoms with Crippen molar-refractivity contribution in [1.29, 1.82) is 0 Å². The molecular weight excluding hydrogens is 318 g/mol. The molecule has 3 N–H and O–H groups in total. The van der Waals surface area contributed by atoms with Crippen LogP contribution in [0.5, 0.6) is 0 Å². The number of hydrogen-bond acceptors (Lipinski definition) is 3. The van der Waals surface area contributed by atoms with Crippen LogP contribution in [-0.4, -0.2) is 36.0 Å². The zero-order valence-electron chi connectivity index (χ0n) is 13.4. The second-order valence-electron chi connectivity index (χ2n) is 6.17. The molecule has 0 aromatic heterocycles. The maximum absolute atomic E-state index is 13.1. The molecular formula is C17H22F2N2O3. The summed E-state index contributed by atoms with van der Waals surface area (Å²) in [5.41, 5.74) is 1.27. The molecule has 1 amide bonds. The molecule has 0 unspecified atom stereocenters. The lowest BCUT2D eigenvalue weighted by atomic mass is 9.87. The van der Waals surface area contributed by atoms with Crippen LogP contribution in [0.4, 0.5) is 19.3 Å². The van der Waals surface area contributed by atoms with Crippen molar-refractivity contribution >= 4 is 17.6 Å². The molecule has 1 fully saturated rings. The fourth-order valence-corrected chi connectivity index (χ4v) is 2.80. The number of anilines is 1. The number of halogens is 2. The lowest BCUT2D eigenvalue weighted by molar-refractivity contribution is -0.0443. The van der Waals surface area contributed by atoms with Gasteiger partial charge in [0.1, 0.15) is 0 Å². The Balaban J connectivity index is 1.82. The van der Waals surface area contributed by atoms with Crippen LogP contribution in [0.3, 0.4) is 0 Å². The predicted octanol–water partition coefficient (Wildman–Crippen LogP) is 3.76. The molecule has 132 valence electrons. The maximum Gasteiger partial charge on any atom is 0.404 e. The summed E-state index contributed by atoms with van der Waals surface area (Å²) >= 11 is 0. The van der Waals surface area contributed by atoms with Gasteiger partial charge in [0.2, 0.25) is 5.92 Å². The molecule has 7 heteroatoms. The summed E-state index contributed by atoms with van der Waals surface area (Å²) in [6.45, 7) is 0.677. The highest BCUT2D eigenvalue weighted by molar-refractivity contribution is 5.97. The molecule has 0 saturated heterocycles. The number of carbonyl (C=O) groups is 2. The van der Waals surface area contributed by atoms with Crippen LogP contribution in [0.2, 0.25) is 0 Å². The number of carboxylic acid groups (broad SMARTS) is 1. The second-order valence-corrected chi connectivity index (χ2v) is 6.17. The van der Waals surface area contributed by atoms with Gasteiger partial charge in [0.25, 0.3) is 0 Å². The van der Waals surface area contributed by atoms with Gasteiger partial charge in [0, 0.05) is 43.6 Å². The minimum atomic E-state index is -2.52. The van der Waals surface area contributed by atoms with Gasteiger partial charge in [0.05, 0.1) is 0 Å². The lowest BCUT2D eigenvalue weighted by Gasteiger charge is -2.28. The van der Waals surface area contributed by atoms with E-state index in [4.69, 9.17) is 5.11 Å². The van der Waals surface area contributed by atoms with Gasteiger partial charge in [-0.15, -0.1) is 0 Å². The fraction of sp³-hybridized carbons (Fsp3) is 0.529. The first-order chi connectivity index (χ1) is 11.4. The van der Waals surface area contributed by atoms with Gasteiger partial charge >= 0.3 is 6.09 Å². The number of carbonyl (C=O) groups excluding carboxylic acids is 1. The molecule has 1 aliphatic rings. The first-order valence-electron chi connectivity index (χ1n) is 8.07. The quantitative estimate of drug-likeness (QED) is 0.660. The van der Waals surface area contributed by atoms with Crippen molar-refractivity contribution in [3.05, 3.63) is 29.8 Å². The largest absolute Gasteiger partial charge is 0.465 e. The Morgan fingerprint density at radius 1 is 1.25 bits per heavy atom. The van der Waals surface area contributed by atoms with Crippen LogP contribution in [0.15, 0.2) is 24.3 Å². The third-order valence-corrected chi connectivity index (χ3v) is 4.24. The first-order valence-corrected chi connectivity index (χ1v) is 8.07. The van der Waals surface area contributed by atoms with Gasteiger partial charge in [-0.3, -0.25) is 4.79 Å². The number of ketones is 1. The molecule has 1 aromatic carbocycles. The van der Waals surface area contributed by atoms with Gasteiger partial charge in [-0.1, -0.05) is 12.1 Å². The summed E-state index contributed by atoms with van der Waals surface area (Å²) in [4.78, 5) is 22.4. The monoisotopic (exact) mass is 340 g/mol. The molecule has 2 rings (SSSR count). The Labute approximate surface area is 139 Å². The van der Waals surface area contributed by atoms with E-state index in [1.165, 1.54) is 0 Å². The van der Waals surface area contributed by atoms with Gasteiger partial charge < -0.3 is 15.7 Å². The summed E-state index contributed by atoms with van der Waals surface area (Å²) in [6, 6.07) is 6.95. The molecule has 1 saturated carbocycles. The summed E-state index contributed by atoms with van der Waals surface area (Å²) < 4.78 is 26.3. The van der Waals surface area contributed by atoms with Crippen molar-refractivity contribution in [2.75, 3.05) is 18.4 Å². The van der Waals surface area contributed by atoms with E-state index in [0.717, 1.165) is 5.69 Å². The average Bonchev–Trinajstić information content (AvgIpc) is 2.53. The molecule has 0 spiro atoms. The summed E-state index contributed by atoms with van der Waals surface area (Å²) in [6.07, 6.45) is -0.189. The number of alkyl halides is 2. The minimum absolute atomic E-state index is 0.0611. The van der Waals surface area contributed by atoms with E-state index in [0.29, 0.717) is 24.9 Å². The van der Waals surface area contributed by atoms with Crippen LogP contribution < -0.4 is 10.6 Å². The molecule has 0 atom stereocenters. The number of Topliss-reactive ketones (excluding diaryl/α,β-unsaturated/α-hetero) is 1. The second kappa shape index (κ2) is 8.08. The van der Waals surface area contributed by atoms with Crippen LogP contribution in [-0.2, 0) is 0 Å². The van der Waals surface area contributed by atoms with Crippen LogP contribution in [0.25, 0.3) is 0 Å². The zero-order chi connectivity index (χ0) is 17.6. The van der Waals surface area contributed by atoms with Gasteiger partial charge in [0.15, 0.2) is 5.78 Å². The van der Waals surface area contributed by atoms with E-state index in [1.54, 1.807) is 18.2 Å². The Morgan fingerprint density at radius 2 is 1.96 bits per heavy atom. The van der Waals surface area contributed by atoms with Crippen LogP contribution in [0.1, 0.15) is 42.5 Å². The Kier molecular flexibility index (Phi) is 6.11. The third-order valence-electron chi connectivity index (χ3n) is 4.24. The van der Waals surface area contributed by atoms with Gasteiger partial charge in [-0.25, -0.2) is 13.6 Å². The molecule has 24 heavy (non-hydrogen) atoms. The smallest absolute Gasteiger partial charge is 0.404 e. The van der Waals surface area contributed by atoms with Crippen molar-refractivity contribution < 1.29 is 23.5 Å². The summed E-state index contributed by atoms with van der Waals surface area (Å²) in [7, 11) is 0. The molecule has 5 nitrogen and oxygen atoms in total. The molecule has 0 radical (unpaired) electrons. The number of amides is 1. The number of benzene rings is 1. The SMILES string of the molecule is O=C(O)NCCC(=O)c1cccc(NCC2CCC(F)(F)CC2)c1. The molecule has 1 aromatic rings. The maximum atomic E-state index is 13.1. The molecule has 0 heterocycles. The summed E-state index contributed by atoms with van der Waals surface area (Å²) in [5.74, 6) is -2.46. The van der Waals surface area contributed by atoms with E-state index in [2.05, 4.69) is 10.6 Å². The van der Waals surface area contributed by atoms with Crippen LogP contribution in [0, 0.1) is 5.92 Å². The molecule has 1 aliphatic carbocycles. The van der Waals surface area contributed by atoms with E-state index in [9.17, 15) is 18.4 Å². The normalized spacial score (nSPS) is 17.2. The van der Waals surface area contributed by atoms with E-state index in [1.807, 2.05) is 6.07 Å². The minimum Gasteiger partial charge on any atom is -0.465 e. The predicted molar refractivity (Wildman–Crippen MR) is 86.8 cm³/mol. The van der Waals surface area contributed by atoms with Crippen molar-refractivity contribution in [2.45, 2.75) is 38.0 Å². The Hall–Kier alpha value is -2.18. The molecule has 0 bridgehead atoms. The van der Waals surface area contributed by atoms with Crippen LogP contribution >= 0.6 is 0 Å². The van der Waals surface area contributed by atoms with Crippen molar-refractivity contribution in [3.63, 3.8) is 0 Å². The Bertz CT molecular complexity index is 583. The van der Waals surface area contributed by atoms with E-state index < -0.39 is 12.0 Å². The number of nitrogens with one attached hydrogen (secondary N) is 2. The van der Waals surface area contributed by atoms with Crippen molar-refractivity contribution in [2.24, 2.45) is 5.92 Å². The van der Waals surface area contributed by atoms with E-state index >= 15 is 0 Å². The highest BCUT2D eigenvalue weighted by atomic mass is 19.3. The van der Waals surface area contributed by atoms with Gasteiger partial charge in [-0.05, 0) is 30.9 Å². The number of rotatable bonds is 7. The Morgan fingerprint density at radius 3 is 2.62 bits per heavy atom. The third kappa shape index (κ3) is 5.79. The summed E-state index contributed by atoms with van der Waals surface area (Å²) in [5, 5.41) is 13.8. The van der Waals surface area contributed by atoms with Crippen molar-refractivity contribution in [1.82, 2.24) is 5.32 Å². The molecule has 0 aliphatic heterocycles.